The van der Waals surface area contributed by atoms with Crippen molar-refractivity contribution in [1.82, 2.24) is 0 Å². The van der Waals surface area contributed by atoms with Crippen LogP contribution >= 0.6 is 0 Å². The zero-order valence-electron chi connectivity index (χ0n) is 8.66. The maximum absolute atomic E-state index is 11.3. The molecular formula is C9H16GaO3. The fourth-order valence-corrected chi connectivity index (χ4v) is 1.37. The van der Waals surface area contributed by atoms with Crippen LogP contribution < -0.4 is 0 Å². The molecule has 0 aromatic carbocycles. The summed E-state index contributed by atoms with van der Waals surface area (Å²) in [4.78, 5) is 11.3. The Morgan fingerprint density at radius 3 is 2.23 bits per heavy atom. The van der Waals surface area contributed by atoms with Crippen LogP contribution in [0.1, 0.15) is 20.8 Å². The number of allylic oxidation sites excluding steroid dienone is 1. The number of rotatable bonds is 5. The minimum absolute atomic E-state index is 0.00852. The van der Waals surface area contributed by atoms with Crippen LogP contribution in [0, 0.1) is 5.92 Å². The molecule has 1 unspecified atom stereocenters. The van der Waals surface area contributed by atoms with Gasteiger partial charge in [-0.15, -0.1) is 0 Å². The van der Waals surface area contributed by atoms with Gasteiger partial charge < -0.3 is 0 Å². The van der Waals surface area contributed by atoms with Crippen molar-refractivity contribution in [3.05, 3.63) is 11.8 Å². The van der Waals surface area contributed by atoms with Gasteiger partial charge in [-0.3, -0.25) is 0 Å². The van der Waals surface area contributed by atoms with E-state index < -0.39 is 0 Å². The quantitative estimate of drug-likeness (QED) is 0.409. The van der Waals surface area contributed by atoms with Gasteiger partial charge in [0.2, 0.25) is 0 Å². The first-order valence-corrected chi connectivity index (χ1v) is 5.44. The van der Waals surface area contributed by atoms with Gasteiger partial charge in [-0.25, -0.2) is 0 Å². The van der Waals surface area contributed by atoms with Crippen molar-refractivity contribution >= 4 is 24.7 Å². The summed E-state index contributed by atoms with van der Waals surface area (Å²) in [7, 11) is 1.59. The van der Waals surface area contributed by atoms with Gasteiger partial charge in [0.1, 0.15) is 0 Å². The molecule has 0 heterocycles. The molecule has 0 saturated heterocycles. The summed E-state index contributed by atoms with van der Waals surface area (Å²) in [6, 6.07) is 0. The van der Waals surface area contributed by atoms with Crippen LogP contribution in [0.25, 0.3) is 0 Å². The SMILES string of the molecule is COC(C)C(=CC(=O)C(C)C)[O][GaH]. The van der Waals surface area contributed by atoms with Crippen LogP contribution in [0.2, 0.25) is 0 Å². The zero-order valence-corrected chi connectivity index (χ0v) is 11.6. The predicted octanol–water partition coefficient (Wildman–Crippen LogP) is 0.963. The second-order valence-electron chi connectivity index (χ2n) is 3.13. The summed E-state index contributed by atoms with van der Waals surface area (Å²) in [5, 5.41) is 0. The van der Waals surface area contributed by atoms with E-state index in [0.29, 0.717) is 24.7 Å². The summed E-state index contributed by atoms with van der Waals surface area (Å²) >= 11 is 0.672. The Kier molecular flexibility index (Phi) is 6.20. The zero-order chi connectivity index (χ0) is 10.4. The number of carbonyl (C=O) groups is 1. The molecule has 13 heavy (non-hydrogen) atoms. The van der Waals surface area contributed by atoms with Crippen LogP contribution in [-0.2, 0) is 13.1 Å². The molecule has 0 aliphatic rings. The first-order valence-electron chi connectivity index (χ1n) is 4.23. The summed E-state index contributed by atoms with van der Waals surface area (Å²) in [6.45, 7) is 5.58. The standard InChI is InChI=1S/C9H16O3.Ga.H/c1-6(2)8(10)5-9(11)7(3)12-4;;/h5-7,11H,1-4H3;;/q;+1;/p-1. The molecule has 0 amide bonds. The first-order chi connectivity index (χ1) is 6.02. The summed E-state index contributed by atoms with van der Waals surface area (Å²) in [5.41, 5.74) is 0. The van der Waals surface area contributed by atoms with Crippen LogP contribution in [0.3, 0.4) is 0 Å². The number of hydrogen-bond donors (Lipinski definition) is 0. The van der Waals surface area contributed by atoms with E-state index >= 15 is 0 Å². The van der Waals surface area contributed by atoms with Crippen molar-refractivity contribution in [2.24, 2.45) is 5.92 Å². The summed E-state index contributed by atoms with van der Waals surface area (Å²) in [5.74, 6) is 0.711. The number of hydrogen-bond acceptors (Lipinski definition) is 3. The van der Waals surface area contributed by atoms with Crippen molar-refractivity contribution in [1.29, 1.82) is 0 Å². The Morgan fingerprint density at radius 1 is 1.38 bits per heavy atom. The van der Waals surface area contributed by atoms with Gasteiger partial charge in [0.15, 0.2) is 0 Å². The van der Waals surface area contributed by atoms with Gasteiger partial charge in [0.05, 0.1) is 0 Å². The molecule has 4 heteroatoms. The number of ether oxygens (including phenoxy) is 1. The van der Waals surface area contributed by atoms with Crippen molar-refractivity contribution in [2.45, 2.75) is 26.9 Å². The molecule has 0 spiro atoms. The van der Waals surface area contributed by atoms with E-state index in [1.807, 2.05) is 20.8 Å². The molecule has 0 N–H and O–H groups in total. The van der Waals surface area contributed by atoms with Crippen molar-refractivity contribution in [2.75, 3.05) is 7.11 Å². The Morgan fingerprint density at radius 2 is 1.92 bits per heavy atom. The van der Waals surface area contributed by atoms with Gasteiger partial charge in [0, 0.05) is 0 Å². The molecule has 0 fully saturated rings. The Balaban J connectivity index is 4.47. The number of ketones is 1. The second kappa shape index (κ2) is 6.29. The van der Waals surface area contributed by atoms with Crippen molar-refractivity contribution in [3.8, 4) is 0 Å². The molecule has 0 rings (SSSR count). The first kappa shape index (κ1) is 12.8. The molecule has 0 saturated carbocycles. The molecule has 0 bridgehead atoms. The molecule has 3 nitrogen and oxygen atoms in total. The molecule has 73 valence electrons. The van der Waals surface area contributed by atoms with E-state index in [1.54, 1.807) is 7.11 Å². The van der Waals surface area contributed by atoms with E-state index in [4.69, 9.17) is 8.27 Å². The van der Waals surface area contributed by atoms with Gasteiger partial charge in [-0.1, -0.05) is 0 Å². The minimum atomic E-state index is -0.142. The molecule has 0 aliphatic carbocycles. The van der Waals surface area contributed by atoms with Crippen LogP contribution in [0.4, 0.5) is 0 Å². The van der Waals surface area contributed by atoms with E-state index in [9.17, 15) is 4.79 Å². The van der Waals surface area contributed by atoms with Gasteiger partial charge >= 0.3 is 89.5 Å². The average molecular weight is 242 g/mol. The topological polar surface area (TPSA) is 35.5 Å². The maximum atomic E-state index is 11.3. The molecule has 1 radical (unpaired) electrons. The Hall–Kier alpha value is -0.194. The van der Waals surface area contributed by atoms with Crippen LogP contribution in [-0.4, -0.2) is 38.0 Å². The molecular weight excluding hydrogens is 226 g/mol. The van der Waals surface area contributed by atoms with Gasteiger partial charge in [-0.2, -0.15) is 0 Å². The second-order valence-corrected chi connectivity index (χ2v) is 3.73. The van der Waals surface area contributed by atoms with Crippen molar-refractivity contribution < 1.29 is 13.1 Å². The molecule has 0 aromatic rings. The van der Waals surface area contributed by atoms with Gasteiger partial charge in [-0.05, 0) is 0 Å². The average Bonchev–Trinajstić information content (AvgIpc) is 2.12. The van der Waals surface area contributed by atoms with Crippen LogP contribution in [0.15, 0.2) is 11.8 Å². The number of methoxy groups -OCH3 is 1. The van der Waals surface area contributed by atoms with E-state index in [2.05, 4.69) is 0 Å². The summed E-state index contributed by atoms with van der Waals surface area (Å²) < 4.78 is 10.2. The van der Waals surface area contributed by atoms with E-state index in [0.717, 1.165) is 0 Å². The fourth-order valence-electron chi connectivity index (χ4n) is 0.699. The molecule has 1 atom stereocenters. The molecule has 0 aliphatic heterocycles. The van der Waals surface area contributed by atoms with Gasteiger partial charge in [0.25, 0.3) is 0 Å². The van der Waals surface area contributed by atoms with Crippen molar-refractivity contribution in [3.63, 3.8) is 0 Å². The van der Waals surface area contributed by atoms with E-state index in [-0.39, 0.29) is 17.8 Å². The predicted molar refractivity (Wildman–Crippen MR) is 52.6 cm³/mol. The third-order valence-electron chi connectivity index (χ3n) is 1.77. The Labute approximate surface area is 89.8 Å². The fraction of sp³-hybridized carbons (Fsp3) is 0.667. The normalized spacial score (nSPS) is 14.4. The van der Waals surface area contributed by atoms with Crippen LogP contribution in [0.5, 0.6) is 0 Å². The summed E-state index contributed by atoms with van der Waals surface area (Å²) in [6.07, 6.45) is 1.39. The Bertz CT molecular complexity index is 199. The van der Waals surface area contributed by atoms with E-state index in [1.165, 1.54) is 6.08 Å². The number of carbonyl (C=O) groups excluding carboxylic acids is 1. The third-order valence-corrected chi connectivity index (χ3v) is 2.47. The third kappa shape index (κ3) is 4.54. The monoisotopic (exact) mass is 241 g/mol. The molecule has 0 aromatic heterocycles.